The Bertz CT molecular complexity index is 813. The topological polar surface area (TPSA) is 47.6 Å². The number of nitrogens with one attached hydrogen (secondary N) is 1. The van der Waals surface area contributed by atoms with E-state index >= 15 is 0 Å². The van der Waals surface area contributed by atoms with E-state index in [1.54, 1.807) is 14.0 Å². The first-order valence-corrected chi connectivity index (χ1v) is 10.0. The van der Waals surface area contributed by atoms with Crippen molar-refractivity contribution in [2.24, 2.45) is 0 Å². The van der Waals surface area contributed by atoms with Gasteiger partial charge in [-0.2, -0.15) is 0 Å². The molecule has 28 heavy (non-hydrogen) atoms. The summed E-state index contributed by atoms with van der Waals surface area (Å²) in [6.07, 6.45) is 0.294. The Morgan fingerprint density at radius 1 is 1.04 bits per heavy atom. The summed E-state index contributed by atoms with van der Waals surface area (Å²) in [6, 6.07) is 11.9. The van der Waals surface area contributed by atoms with Crippen LogP contribution in [0.5, 0.6) is 11.5 Å². The van der Waals surface area contributed by atoms with Crippen LogP contribution in [0, 0.1) is 6.92 Å². The van der Waals surface area contributed by atoms with Crippen LogP contribution in [0.1, 0.15) is 68.8 Å². The van der Waals surface area contributed by atoms with Gasteiger partial charge in [0.05, 0.1) is 13.2 Å². The van der Waals surface area contributed by atoms with Gasteiger partial charge in [-0.15, -0.1) is 0 Å². The van der Waals surface area contributed by atoms with Gasteiger partial charge < -0.3 is 14.8 Å². The van der Waals surface area contributed by atoms with Gasteiger partial charge in [0.2, 0.25) is 0 Å². The number of hydrogen-bond acceptors (Lipinski definition) is 3. The fraction of sp³-hybridized carbons (Fsp3) is 0.458. The van der Waals surface area contributed by atoms with Crippen LogP contribution in [-0.4, -0.2) is 19.1 Å². The van der Waals surface area contributed by atoms with Gasteiger partial charge in [-0.25, -0.2) is 0 Å². The summed E-state index contributed by atoms with van der Waals surface area (Å²) in [5, 5.41) is 3.09. The van der Waals surface area contributed by atoms with Crippen molar-refractivity contribution in [2.45, 2.75) is 66.0 Å². The molecule has 0 aromatic heterocycles. The van der Waals surface area contributed by atoms with Gasteiger partial charge in [-0.1, -0.05) is 39.0 Å². The molecule has 0 spiro atoms. The van der Waals surface area contributed by atoms with Gasteiger partial charge in [0.1, 0.15) is 11.5 Å². The zero-order valence-corrected chi connectivity index (χ0v) is 18.1. The molecule has 0 bridgehead atoms. The van der Waals surface area contributed by atoms with E-state index in [-0.39, 0.29) is 11.9 Å². The smallest absolute Gasteiger partial charge is 0.261 e. The second kappa shape index (κ2) is 9.63. The molecule has 0 fully saturated rings. The van der Waals surface area contributed by atoms with E-state index in [1.165, 1.54) is 0 Å². The van der Waals surface area contributed by atoms with Gasteiger partial charge in [0.15, 0.2) is 6.10 Å². The summed E-state index contributed by atoms with van der Waals surface area (Å²) < 4.78 is 11.5. The van der Waals surface area contributed by atoms with Crippen molar-refractivity contribution >= 4 is 5.91 Å². The molecule has 2 aromatic rings. The minimum Gasteiger partial charge on any atom is -0.496 e. The summed E-state index contributed by atoms with van der Waals surface area (Å²) in [6.45, 7) is 12.2. The van der Waals surface area contributed by atoms with Gasteiger partial charge in [0.25, 0.3) is 5.91 Å². The maximum atomic E-state index is 12.7. The highest BCUT2D eigenvalue weighted by atomic mass is 16.5. The van der Waals surface area contributed by atoms with Crippen molar-refractivity contribution in [1.82, 2.24) is 5.32 Å². The maximum Gasteiger partial charge on any atom is 0.261 e. The zero-order valence-electron chi connectivity index (χ0n) is 18.1. The fourth-order valence-electron chi connectivity index (χ4n) is 3.37. The largest absolute Gasteiger partial charge is 0.496 e. The quantitative estimate of drug-likeness (QED) is 0.670. The Morgan fingerprint density at radius 3 is 2.32 bits per heavy atom. The van der Waals surface area contributed by atoms with Gasteiger partial charge >= 0.3 is 0 Å². The zero-order chi connectivity index (χ0) is 20.8. The lowest BCUT2D eigenvalue weighted by atomic mass is 9.93. The number of aryl methyl sites for hydroxylation is 2. The average Bonchev–Trinajstić information content (AvgIpc) is 2.67. The Balaban J connectivity index is 2.14. The van der Waals surface area contributed by atoms with Crippen LogP contribution in [0.3, 0.4) is 0 Å². The van der Waals surface area contributed by atoms with Crippen LogP contribution in [0.2, 0.25) is 0 Å². The number of para-hydroxylation sites is 1. The van der Waals surface area contributed by atoms with Crippen molar-refractivity contribution in [3.63, 3.8) is 0 Å². The summed E-state index contributed by atoms with van der Waals surface area (Å²) in [5.41, 5.74) is 4.44. The lowest BCUT2D eigenvalue weighted by molar-refractivity contribution is -0.127. The fourth-order valence-corrected chi connectivity index (χ4v) is 3.37. The van der Waals surface area contributed by atoms with Crippen LogP contribution in [-0.2, 0) is 11.2 Å². The lowest BCUT2D eigenvalue weighted by Gasteiger charge is -2.23. The summed E-state index contributed by atoms with van der Waals surface area (Å²) in [7, 11) is 1.69. The SMILES string of the molecule is CCc1ccccc1O[C@@H](C)C(=O)N[C@@H](C)c1cc(C(C)C)c(OC)cc1C. The van der Waals surface area contributed by atoms with Crippen LogP contribution in [0.15, 0.2) is 36.4 Å². The molecule has 2 aromatic carbocycles. The van der Waals surface area contributed by atoms with Crippen molar-refractivity contribution in [1.29, 1.82) is 0 Å². The molecule has 0 aliphatic rings. The lowest BCUT2D eigenvalue weighted by Crippen LogP contribution is -2.38. The second-order valence-corrected chi connectivity index (χ2v) is 7.56. The number of carbonyl (C=O) groups is 1. The first-order chi connectivity index (χ1) is 13.3. The van der Waals surface area contributed by atoms with E-state index < -0.39 is 6.10 Å². The van der Waals surface area contributed by atoms with Gasteiger partial charge in [-0.3, -0.25) is 4.79 Å². The molecule has 4 heteroatoms. The van der Waals surface area contributed by atoms with E-state index in [0.29, 0.717) is 5.92 Å². The number of carbonyl (C=O) groups excluding carboxylic acids is 1. The number of methoxy groups -OCH3 is 1. The third-order valence-corrected chi connectivity index (χ3v) is 5.09. The standard InChI is InChI=1S/C24H33NO3/c1-8-19-11-9-10-12-22(19)28-18(6)24(26)25-17(5)21-14-20(15(2)3)23(27-7)13-16(21)4/h9-15,17-18H,8H2,1-7H3,(H,25,26)/t17-,18-/m0/s1. The van der Waals surface area contributed by atoms with Crippen molar-refractivity contribution < 1.29 is 14.3 Å². The van der Waals surface area contributed by atoms with E-state index in [2.05, 4.69) is 32.2 Å². The van der Waals surface area contributed by atoms with Crippen LogP contribution in [0.4, 0.5) is 0 Å². The first-order valence-electron chi connectivity index (χ1n) is 10.0. The summed E-state index contributed by atoms with van der Waals surface area (Å²) in [4.78, 5) is 12.7. The highest BCUT2D eigenvalue weighted by Crippen LogP contribution is 2.32. The van der Waals surface area contributed by atoms with Gasteiger partial charge in [0, 0.05) is 0 Å². The maximum absolute atomic E-state index is 12.7. The molecule has 1 N–H and O–H groups in total. The molecule has 1 amide bonds. The molecule has 0 heterocycles. The monoisotopic (exact) mass is 383 g/mol. The normalized spacial score (nSPS) is 13.1. The minimum atomic E-state index is -0.571. The summed E-state index contributed by atoms with van der Waals surface area (Å²) >= 11 is 0. The highest BCUT2D eigenvalue weighted by molar-refractivity contribution is 5.81. The van der Waals surface area contributed by atoms with Crippen molar-refractivity contribution in [3.8, 4) is 11.5 Å². The average molecular weight is 384 g/mol. The molecule has 0 saturated heterocycles. The molecular formula is C24H33NO3. The molecule has 0 saturated carbocycles. The Hall–Kier alpha value is -2.49. The molecule has 152 valence electrons. The molecule has 0 aliphatic heterocycles. The second-order valence-electron chi connectivity index (χ2n) is 7.56. The van der Waals surface area contributed by atoms with E-state index in [0.717, 1.165) is 40.2 Å². The molecule has 0 aliphatic carbocycles. The molecule has 0 unspecified atom stereocenters. The number of ether oxygens (including phenoxy) is 2. The third kappa shape index (κ3) is 5.06. The predicted molar refractivity (Wildman–Crippen MR) is 114 cm³/mol. The van der Waals surface area contributed by atoms with Crippen LogP contribution < -0.4 is 14.8 Å². The van der Waals surface area contributed by atoms with Crippen molar-refractivity contribution in [2.75, 3.05) is 7.11 Å². The predicted octanol–water partition coefficient (Wildman–Crippen LogP) is 5.33. The Morgan fingerprint density at radius 2 is 1.71 bits per heavy atom. The number of amides is 1. The number of benzene rings is 2. The van der Waals surface area contributed by atoms with E-state index in [4.69, 9.17) is 9.47 Å². The molecule has 2 rings (SSSR count). The van der Waals surface area contributed by atoms with Crippen LogP contribution >= 0.6 is 0 Å². The highest BCUT2D eigenvalue weighted by Gasteiger charge is 2.21. The van der Waals surface area contributed by atoms with E-state index in [9.17, 15) is 4.79 Å². The van der Waals surface area contributed by atoms with Gasteiger partial charge in [-0.05, 0) is 73.6 Å². The third-order valence-electron chi connectivity index (χ3n) is 5.09. The molecule has 4 nitrogen and oxygen atoms in total. The first kappa shape index (κ1) is 21.8. The number of rotatable bonds is 8. The minimum absolute atomic E-state index is 0.122. The molecular weight excluding hydrogens is 350 g/mol. The Labute approximate surface area is 169 Å². The van der Waals surface area contributed by atoms with Crippen LogP contribution in [0.25, 0.3) is 0 Å². The summed E-state index contributed by atoms with van der Waals surface area (Å²) in [5.74, 6) is 1.87. The molecule has 0 radical (unpaired) electrons. The molecule has 2 atom stereocenters. The van der Waals surface area contributed by atoms with E-state index in [1.807, 2.05) is 44.2 Å². The van der Waals surface area contributed by atoms with Crippen molar-refractivity contribution in [3.05, 3.63) is 58.7 Å². The number of hydrogen-bond donors (Lipinski definition) is 1. The Kier molecular flexibility index (Phi) is 7.50.